The highest BCUT2D eigenvalue weighted by atomic mass is 35.5. The summed E-state index contributed by atoms with van der Waals surface area (Å²) in [4.78, 5) is 12.8. The Morgan fingerprint density at radius 3 is 2.88 bits per heavy atom. The summed E-state index contributed by atoms with van der Waals surface area (Å²) in [7, 11) is 1.85. The standard InChI is InChI=1S/C17H17ClN4O2S/c1-22-14(4-7-20-22)12-10-11(2-3-15(12)24-8-6-19)21-17(23)16-13(18)5-9-25-16/h2-5,7,9-10H,6,8,19H2,1H3,(H,21,23). The van der Waals surface area contributed by atoms with Gasteiger partial charge in [-0.1, -0.05) is 11.6 Å². The third-order valence-electron chi connectivity index (χ3n) is 3.53. The Kier molecular flexibility index (Phi) is 5.37. The number of carbonyl (C=O) groups excluding carboxylic acids is 1. The molecule has 0 aliphatic carbocycles. The smallest absolute Gasteiger partial charge is 0.267 e. The van der Waals surface area contributed by atoms with Gasteiger partial charge in [0, 0.05) is 31.0 Å². The molecule has 130 valence electrons. The number of nitrogens with two attached hydrogens (primary N) is 1. The molecule has 1 amide bonds. The third-order valence-corrected chi connectivity index (χ3v) is 4.87. The number of hydrogen-bond donors (Lipinski definition) is 2. The van der Waals surface area contributed by atoms with E-state index in [2.05, 4.69) is 10.4 Å². The predicted molar refractivity (Wildman–Crippen MR) is 100 cm³/mol. The van der Waals surface area contributed by atoms with Crippen molar-refractivity contribution in [1.29, 1.82) is 0 Å². The average molecular weight is 377 g/mol. The fourth-order valence-corrected chi connectivity index (χ4v) is 3.42. The molecule has 6 nitrogen and oxygen atoms in total. The van der Waals surface area contributed by atoms with Crippen molar-refractivity contribution >= 4 is 34.5 Å². The molecule has 0 aliphatic heterocycles. The highest BCUT2D eigenvalue weighted by Crippen LogP contribution is 2.33. The summed E-state index contributed by atoms with van der Waals surface area (Å²) in [6.45, 7) is 0.821. The van der Waals surface area contributed by atoms with Crippen LogP contribution in [0.5, 0.6) is 5.75 Å². The van der Waals surface area contributed by atoms with E-state index in [1.54, 1.807) is 28.4 Å². The van der Waals surface area contributed by atoms with Gasteiger partial charge in [-0.25, -0.2) is 0 Å². The average Bonchev–Trinajstić information content (AvgIpc) is 3.21. The summed E-state index contributed by atoms with van der Waals surface area (Å²) in [5.74, 6) is 0.438. The van der Waals surface area contributed by atoms with Crippen LogP contribution in [-0.4, -0.2) is 28.8 Å². The maximum atomic E-state index is 12.4. The van der Waals surface area contributed by atoms with Crippen LogP contribution < -0.4 is 15.8 Å². The fraction of sp³-hybridized carbons (Fsp3) is 0.176. The summed E-state index contributed by atoms with van der Waals surface area (Å²) in [5.41, 5.74) is 7.87. The lowest BCUT2D eigenvalue weighted by molar-refractivity contribution is 0.103. The molecule has 0 bridgehead atoms. The van der Waals surface area contributed by atoms with Gasteiger partial charge in [0.2, 0.25) is 0 Å². The van der Waals surface area contributed by atoms with Gasteiger partial charge >= 0.3 is 0 Å². The molecule has 0 saturated heterocycles. The lowest BCUT2D eigenvalue weighted by Gasteiger charge is -2.13. The Morgan fingerprint density at radius 1 is 1.40 bits per heavy atom. The molecule has 1 aromatic carbocycles. The Balaban J connectivity index is 1.92. The van der Waals surface area contributed by atoms with Crippen molar-refractivity contribution in [3.8, 4) is 17.0 Å². The van der Waals surface area contributed by atoms with Crippen LogP contribution in [-0.2, 0) is 7.05 Å². The van der Waals surface area contributed by atoms with E-state index in [1.807, 2.05) is 25.2 Å². The van der Waals surface area contributed by atoms with Crippen molar-refractivity contribution in [2.45, 2.75) is 0 Å². The summed E-state index contributed by atoms with van der Waals surface area (Å²) in [6, 6.07) is 9.02. The molecular weight excluding hydrogens is 360 g/mol. The zero-order valence-corrected chi connectivity index (χ0v) is 15.1. The number of carbonyl (C=O) groups is 1. The van der Waals surface area contributed by atoms with Gasteiger partial charge in [0.25, 0.3) is 5.91 Å². The SMILES string of the molecule is Cn1nccc1-c1cc(NC(=O)c2sccc2Cl)ccc1OCCN. The number of hydrogen-bond acceptors (Lipinski definition) is 5. The number of aryl methyl sites for hydroxylation is 1. The van der Waals surface area contributed by atoms with Crippen LogP contribution in [0.3, 0.4) is 0 Å². The molecule has 0 fully saturated rings. The summed E-state index contributed by atoms with van der Waals surface area (Å²) in [6.07, 6.45) is 1.71. The second kappa shape index (κ2) is 7.69. The second-order valence-electron chi connectivity index (χ2n) is 5.24. The molecule has 3 N–H and O–H groups in total. The van der Waals surface area contributed by atoms with E-state index in [-0.39, 0.29) is 5.91 Å². The maximum absolute atomic E-state index is 12.4. The number of ether oxygens (including phenoxy) is 1. The van der Waals surface area contributed by atoms with Gasteiger partial charge in [-0.2, -0.15) is 5.10 Å². The van der Waals surface area contributed by atoms with E-state index in [1.165, 1.54) is 11.3 Å². The van der Waals surface area contributed by atoms with Crippen molar-refractivity contribution in [3.05, 3.63) is 51.8 Å². The molecule has 2 aromatic heterocycles. The van der Waals surface area contributed by atoms with E-state index < -0.39 is 0 Å². The van der Waals surface area contributed by atoms with E-state index in [0.717, 1.165) is 11.3 Å². The van der Waals surface area contributed by atoms with Crippen LogP contribution in [0, 0.1) is 0 Å². The maximum Gasteiger partial charge on any atom is 0.267 e. The normalized spacial score (nSPS) is 10.7. The van der Waals surface area contributed by atoms with Crippen molar-refractivity contribution in [1.82, 2.24) is 9.78 Å². The van der Waals surface area contributed by atoms with Gasteiger partial charge in [0.05, 0.1) is 10.7 Å². The molecule has 8 heteroatoms. The van der Waals surface area contributed by atoms with E-state index in [4.69, 9.17) is 22.1 Å². The first-order chi connectivity index (χ1) is 12.1. The van der Waals surface area contributed by atoms with Crippen molar-refractivity contribution in [2.75, 3.05) is 18.5 Å². The molecule has 2 heterocycles. The van der Waals surface area contributed by atoms with Crippen LogP contribution in [0.25, 0.3) is 11.3 Å². The Bertz CT molecular complexity index is 890. The zero-order valence-electron chi connectivity index (χ0n) is 13.5. The predicted octanol–water partition coefficient (Wildman–Crippen LogP) is 3.39. The third kappa shape index (κ3) is 3.84. The molecule has 0 radical (unpaired) electrons. The highest BCUT2D eigenvalue weighted by molar-refractivity contribution is 7.12. The van der Waals surface area contributed by atoms with E-state index in [9.17, 15) is 4.79 Å². The molecule has 3 rings (SSSR count). The Labute approximate surface area is 154 Å². The number of anilines is 1. The lowest BCUT2D eigenvalue weighted by atomic mass is 10.1. The molecular formula is C17H17ClN4O2S. The van der Waals surface area contributed by atoms with Gasteiger partial charge in [-0.05, 0) is 35.7 Å². The molecule has 0 aliphatic rings. The zero-order chi connectivity index (χ0) is 17.8. The largest absolute Gasteiger partial charge is 0.492 e. The van der Waals surface area contributed by atoms with Gasteiger partial charge in [-0.15, -0.1) is 11.3 Å². The first-order valence-electron chi connectivity index (χ1n) is 7.60. The first-order valence-corrected chi connectivity index (χ1v) is 8.85. The van der Waals surface area contributed by atoms with E-state index >= 15 is 0 Å². The first kappa shape index (κ1) is 17.5. The fourth-order valence-electron chi connectivity index (χ4n) is 2.38. The summed E-state index contributed by atoms with van der Waals surface area (Å²) >= 11 is 7.32. The van der Waals surface area contributed by atoms with Crippen molar-refractivity contribution in [2.24, 2.45) is 12.8 Å². The lowest BCUT2D eigenvalue weighted by Crippen LogP contribution is -2.13. The molecule has 0 saturated carbocycles. The molecule has 0 atom stereocenters. The van der Waals surface area contributed by atoms with Gasteiger partial charge in [-0.3, -0.25) is 9.48 Å². The summed E-state index contributed by atoms with van der Waals surface area (Å²) in [5, 5.41) is 9.28. The van der Waals surface area contributed by atoms with E-state index in [0.29, 0.717) is 34.5 Å². The number of halogens is 1. The number of nitrogens with one attached hydrogen (secondary N) is 1. The second-order valence-corrected chi connectivity index (χ2v) is 6.56. The quantitative estimate of drug-likeness (QED) is 0.690. The highest BCUT2D eigenvalue weighted by Gasteiger charge is 2.15. The molecule has 3 aromatic rings. The van der Waals surface area contributed by atoms with Gasteiger partial charge in [0.15, 0.2) is 0 Å². The minimum absolute atomic E-state index is 0.244. The molecule has 0 spiro atoms. The number of benzene rings is 1. The molecule has 0 unspecified atom stereocenters. The van der Waals surface area contributed by atoms with Crippen LogP contribution >= 0.6 is 22.9 Å². The van der Waals surface area contributed by atoms with Crippen LogP contribution in [0.1, 0.15) is 9.67 Å². The van der Waals surface area contributed by atoms with Crippen LogP contribution in [0.4, 0.5) is 5.69 Å². The number of amides is 1. The molecule has 25 heavy (non-hydrogen) atoms. The van der Waals surface area contributed by atoms with Crippen molar-refractivity contribution < 1.29 is 9.53 Å². The minimum Gasteiger partial charge on any atom is -0.492 e. The van der Waals surface area contributed by atoms with Crippen LogP contribution in [0.2, 0.25) is 5.02 Å². The number of thiophene rings is 1. The topological polar surface area (TPSA) is 82.2 Å². The monoisotopic (exact) mass is 376 g/mol. The Morgan fingerprint density at radius 2 is 2.24 bits per heavy atom. The number of nitrogens with zero attached hydrogens (tertiary/aromatic N) is 2. The van der Waals surface area contributed by atoms with Crippen LogP contribution in [0.15, 0.2) is 41.9 Å². The summed E-state index contributed by atoms with van der Waals surface area (Å²) < 4.78 is 7.46. The van der Waals surface area contributed by atoms with Crippen molar-refractivity contribution in [3.63, 3.8) is 0 Å². The number of aromatic nitrogens is 2. The minimum atomic E-state index is -0.244. The van der Waals surface area contributed by atoms with Gasteiger partial charge in [0.1, 0.15) is 17.2 Å². The Hall–Kier alpha value is -2.35. The number of rotatable bonds is 6. The van der Waals surface area contributed by atoms with Gasteiger partial charge < -0.3 is 15.8 Å².